The molecule has 0 unspecified atom stereocenters. The maximum absolute atomic E-state index is 5.98. The summed E-state index contributed by atoms with van der Waals surface area (Å²) in [7, 11) is 3.57. The lowest BCUT2D eigenvalue weighted by Gasteiger charge is -2.14. The molecule has 174 valence electrons. The molecule has 0 atom stereocenters. The van der Waals surface area contributed by atoms with Crippen molar-refractivity contribution in [3.63, 3.8) is 0 Å². The highest BCUT2D eigenvalue weighted by Crippen LogP contribution is 2.29. The van der Waals surface area contributed by atoms with Crippen LogP contribution in [-0.4, -0.2) is 27.3 Å². The zero-order valence-electron chi connectivity index (χ0n) is 20.3. The Morgan fingerprint density at radius 2 is 1.85 bits per heavy atom. The summed E-state index contributed by atoms with van der Waals surface area (Å²) < 4.78 is 11.2. The highest BCUT2D eigenvalue weighted by Gasteiger charge is 2.16. The van der Waals surface area contributed by atoms with Crippen LogP contribution in [0.15, 0.2) is 106 Å². The fourth-order valence-corrected chi connectivity index (χ4v) is 3.63. The van der Waals surface area contributed by atoms with Gasteiger partial charge in [0.15, 0.2) is 0 Å². The monoisotopic (exact) mass is 453 g/mol. The molecule has 2 aromatic rings. The normalized spacial score (nSPS) is 15.5. The molecule has 0 bridgehead atoms. The lowest BCUT2D eigenvalue weighted by Crippen LogP contribution is -2.14. The number of methoxy groups -OCH3 is 1. The largest absolute Gasteiger partial charge is 0.497 e. The van der Waals surface area contributed by atoms with E-state index in [0.29, 0.717) is 6.54 Å². The molecule has 0 saturated heterocycles. The molecule has 0 radical (unpaired) electrons. The van der Waals surface area contributed by atoms with Gasteiger partial charge in [0, 0.05) is 11.3 Å². The van der Waals surface area contributed by atoms with Crippen molar-refractivity contribution in [3.05, 3.63) is 107 Å². The first-order valence-corrected chi connectivity index (χ1v) is 11.4. The van der Waals surface area contributed by atoms with Gasteiger partial charge in [-0.25, -0.2) is 4.99 Å². The lowest BCUT2D eigenvalue weighted by atomic mass is 10.0. The first-order chi connectivity index (χ1) is 16.6. The molecule has 1 aliphatic rings. The molecule has 2 aromatic carbocycles. The number of nitrogens with zero attached hydrogens (tertiary/aromatic N) is 1. The van der Waals surface area contributed by atoms with Gasteiger partial charge in [-0.1, -0.05) is 30.4 Å². The van der Waals surface area contributed by atoms with E-state index in [4.69, 9.17) is 20.2 Å². The summed E-state index contributed by atoms with van der Waals surface area (Å²) in [5.41, 5.74) is 12.1. The quantitative estimate of drug-likeness (QED) is 0.388. The number of benzene rings is 2. The van der Waals surface area contributed by atoms with E-state index in [1.165, 1.54) is 0 Å². The molecular weight excluding hydrogens is 421 g/mol. The highest BCUT2D eigenvalue weighted by molar-refractivity contribution is 6.10. The maximum atomic E-state index is 5.98. The minimum absolute atomic E-state index is 0.558. The van der Waals surface area contributed by atoms with Crippen LogP contribution in [0.25, 0.3) is 6.08 Å². The predicted molar refractivity (Wildman–Crippen MR) is 145 cm³/mol. The Balaban J connectivity index is 1.81. The van der Waals surface area contributed by atoms with Crippen molar-refractivity contribution in [1.82, 2.24) is 5.23 Å². The smallest absolute Gasteiger partial charge is 0.213 e. The van der Waals surface area contributed by atoms with Crippen LogP contribution in [0.2, 0.25) is 0 Å². The summed E-state index contributed by atoms with van der Waals surface area (Å²) in [6.07, 6.45) is 13.0. The Hall–Kier alpha value is -3.77. The maximum Gasteiger partial charge on any atom is 0.213 e. The summed E-state index contributed by atoms with van der Waals surface area (Å²) in [5, 5.41) is 3.29. The molecule has 3 N–H and O–H groups in total. The van der Waals surface area contributed by atoms with Gasteiger partial charge in [0.1, 0.15) is 17.2 Å². The third-order valence-electron chi connectivity index (χ3n) is 5.31. The van der Waals surface area contributed by atoms with Gasteiger partial charge < -0.3 is 20.4 Å². The van der Waals surface area contributed by atoms with E-state index in [-0.39, 0.29) is 0 Å². The van der Waals surface area contributed by atoms with Crippen LogP contribution < -0.4 is 20.4 Å². The van der Waals surface area contributed by atoms with Crippen LogP contribution in [0.5, 0.6) is 17.2 Å². The molecule has 6 heteroatoms. The number of nitrogens with one attached hydrogen (secondary N) is 1. The van der Waals surface area contributed by atoms with Gasteiger partial charge in [0.25, 0.3) is 0 Å². The number of allylic oxidation sites excluding steroid dienone is 7. The average Bonchev–Trinajstić information content (AvgIpc) is 3.23. The predicted octanol–water partition coefficient (Wildman–Crippen LogP) is 5.10. The van der Waals surface area contributed by atoms with Crippen molar-refractivity contribution in [3.8, 4) is 17.2 Å². The van der Waals surface area contributed by atoms with E-state index in [2.05, 4.69) is 24.3 Å². The topological polar surface area (TPSA) is 68.9 Å². The second-order valence-electron chi connectivity index (χ2n) is 7.77. The van der Waals surface area contributed by atoms with Gasteiger partial charge in [0.05, 0.1) is 18.5 Å². The van der Waals surface area contributed by atoms with Crippen LogP contribution in [0.1, 0.15) is 25.8 Å². The molecule has 1 aliphatic heterocycles. The summed E-state index contributed by atoms with van der Waals surface area (Å²) >= 11 is 0. The molecule has 0 spiro atoms. The molecule has 0 saturated carbocycles. The van der Waals surface area contributed by atoms with Crippen LogP contribution in [-0.2, 0) is 0 Å². The first kappa shape index (κ1) is 24.9. The molecule has 5 nitrogen and oxygen atoms in total. The van der Waals surface area contributed by atoms with Crippen molar-refractivity contribution < 1.29 is 9.47 Å². The number of hydrogen-bond donors (Lipinski definition) is 2. The van der Waals surface area contributed by atoms with Crippen molar-refractivity contribution in [2.45, 2.75) is 20.3 Å². The molecule has 0 aliphatic carbocycles. The van der Waals surface area contributed by atoms with Gasteiger partial charge in [-0.2, -0.15) is 0 Å². The van der Waals surface area contributed by atoms with Crippen molar-refractivity contribution in [1.29, 1.82) is 0 Å². The van der Waals surface area contributed by atoms with Crippen LogP contribution in [0, 0.1) is 0 Å². The SMILES string of the molecule is BNC(=C\C=C/C)/C(CCN)=C1N=C(/C=C/c2cccc(Oc3ccc(OC)cc3)c2)C=C\1C. The summed E-state index contributed by atoms with van der Waals surface area (Å²) in [4.78, 5) is 4.90. The van der Waals surface area contributed by atoms with Crippen molar-refractivity contribution >= 4 is 19.8 Å². The van der Waals surface area contributed by atoms with Crippen LogP contribution in [0.4, 0.5) is 0 Å². The van der Waals surface area contributed by atoms with Gasteiger partial charge in [0.2, 0.25) is 7.98 Å². The summed E-state index contributed by atoms with van der Waals surface area (Å²) in [6.45, 7) is 4.64. The molecule has 0 amide bonds. The second-order valence-corrected chi connectivity index (χ2v) is 7.77. The Labute approximate surface area is 203 Å². The zero-order chi connectivity index (χ0) is 24.3. The minimum Gasteiger partial charge on any atom is -0.497 e. The molecule has 1 heterocycles. The fraction of sp³-hybridized carbons (Fsp3) is 0.179. The third kappa shape index (κ3) is 6.62. The van der Waals surface area contributed by atoms with E-state index >= 15 is 0 Å². The Morgan fingerprint density at radius 1 is 1.09 bits per heavy atom. The van der Waals surface area contributed by atoms with Crippen LogP contribution >= 0.6 is 0 Å². The average molecular weight is 453 g/mol. The third-order valence-corrected chi connectivity index (χ3v) is 5.31. The number of rotatable bonds is 10. The van der Waals surface area contributed by atoms with Crippen molar-refractivity contribution in [2.24, 2.45) is 10.7 Å². The number of nitrogens with two attached hydrogens (primary N) is 1. The first-order valence-electron chi connectivity index (χ1n) is 11.4. The van der Waals surface area contributed by atoms with E-state index in [0.717, 1.165) is 57.5 Å². The molecule has 0 aromatic heterocycles. The fourth-order valence-electron chi connectivity index (χ4n) is 3.63. The van der Waals surface area contributed by atoms with E-state index in [9.17, 15) is 0 Å². The van der Waals surface area contributed by atoms with Crippen molar-refractivity contribution in [2.75, 3.05) is 13.7 Å². The molecule has 3 rings (SSSR count). The minimum atomic E-state index is 0.558. The molecular formula is C28H32BN3O2. The Bertz CT molecular complexity index is 1170. The standard InChI is InChI=1S/C28H32BN3O2/c1-4-5-9-27(32-29)26(16-17-30)28-20(2)18-22(31-28)11-10-21-7-6-8-25(19-21)34-24-14-12-23(33-3)13-15-24/h4-15,18-19,32H,16-17,29-30H2,1-3H3/b5-4-,11-10+,27-9-,28-26-. The van der Waals surface area contributed by atoms with Gasteiger partial charge in [-0.15, -0.1) is 0 Å². The highest BCUT2D eigenvalue weighted by atomic mass is 16.5. The van der Waals surface area contributed by atoms with E-state index < -0.39 is 0 Å². The number of ether oxygens (including phenoxy) is 2. The van der Waals surface area contributed by atoms with Crippen LogP contribution in [0.3, 0.4) is 0 Å². The number of aliphatic imine (C=N–C) groups is 1. The Morgan fingerprint density at radius 3 is 2.53 bits per heavy atom. The molecule has 34 heavy (non-hydrogen) atoms. The van der Waals surface area contributed by atoms with E-state index in [1.807, 2.05) is 87.7 Å². The zero-order valence-corrected chi connectivity index (χ0v) is 20.3. The van der Waals surface area contributed by atoms with E-state index in [1.54, 1.807) is 7.11 Å². The second kappa shape index (κ2) is 12.5. The van der Waals surface area contributed by atoms with Gasteiger partial charge in [-0.3, -0.25) is 0 Å². The summed E-state index contributed by atoms with van der Waals surface area (Å²) in [5.74, 6) is 2.33. The van der Waals surface area contributed by atoms with Gasteiger partial charge >= 0.3 is 0 Å². The Kier molecular flexibility index (Phi) is 9.12. The summed E-state index contributed by atoms with van der Waals surface area (Å²) in [6, 6.07) is 15.5. The molecule has 0 fully saturated rings. The lowest BCUT2D eigenvalue weighted by molar-refractivity contribution is 0.413. The van der Waals surface area contributed by atoms with Gasteiger partial charge in [-0.05, 0) is 92.6 Å². The number of hydrogen-bond acceptors (Lipinski definition) is 5.